The maximum atomic E-state index is 13.8. The van der Waals surface area contributed by atoms with E-state index in [0.29, 0.717) is 6.42 Å². The summed E-state index contributed by atoms with van der Waals surface area (Å²) in [6.07, 6.45) is 4.40. The highest BCUT2D eigenvalue weighted by atomic mass is 79.9. The lowest BCUT2D eigenvalue weighted by atomic mass is 9.69. The molecule has 1 aromatic carbocycles. The van der Waals surface area contributed by atoms with E-state index in [1.807, 2.05) is 35.2 Å². The van der Waals surface area contributed by atoms with Crippen molar-refractivity contribution in [3.05, 3.63) is 41.6 Å². The van der Waals surface area contributed by atoms with E-state index in [4.69, 9.17) is 0 Å². The molecule has 1 aliphatic heterocycles. The summed E-state index contributed by atoms with van der Waals surface area (Å²) in [5, 5.41) is 0. The average Bonchev–Trinajstić information content (AvgIpc) is 2.98. The van der Waals surface area contributed by atoms with Gasteiger partial charge in [-0.25, -0.2) is 0 Å². The number of allylic oxidation sites excluding steroid dienone is 2. The Morgan fingerprint density at radius 2 is 1.81 bits per heavy atom. The van der Waals surface area contributed by atoms with Crippen LogP contribution in [0.1, 0.15) is 59.8 Å². The molecule has 0 saturated heterocycles. The van der Waals surface area contributed by atoms with Crippen LogP contribution in [0.15, 0.2) is 41.6 Å². The van der Waals surface area contributed by atoms with Gasteiger partial charge in [-0.2, -0.15) is 0 Å². The van der Waals surface area contributed by atoms with Crippen LogP contribution in [0.4, 0.5) is 5.69 Å². The van der Waals surface area contributed by atoms with Crippen LogP contribution in [0.3, 0.4) is 0 Å². The highest BCUT2D eigenvalue weighted by Gasteiger charge is 2.68. The molecule has 2 aliphatic carbocycles. The summed E-state index contributed by atoms with van der Waals surface area (Å²) in [5.74, 6) is 0.128. The largest absolute Gasteiger partial charge is 0.292 e. The first kappa shape index (κ1) is 18.9. The molecule has 0 spiro atoms. The number of Topliss-reactive ketones (excluding diaryl/α,β-unsaturated/α-hetero) is 1. The summed E-state index contributed by atoms with van der Waals surface area (Å²) < 4.78 is -1.13. The fourth-order valence-electron chi connectivity index (χ4n) is 5.58. The molecule has 1 fully saturated rings. The molecule has 4 rings (SSSR count). The lowest BCUT2D eigenvalue weighted by Crippen LogP contribution is -2.57. The molecule has 0 radical (unpaired) electrons. The van der Waals surface area contributed by atoms with Gasteiger partial charge in [0.2, 0.25) is 0 Å². The van der Waals surface area contributed by atoms with Crippen molar-refractivity contribution in [3.8, 4) is 0 Å². The third kappa shape index (κ3) is 2.25. The number of benzene rings is 1. The number of rotatable bonds is 4. The van der Waals surface area contributed by atoms with E-state index in [1.54, 1.807) is 0 Å². The first-order chi connectivity index (χ1) is 12.7. The molecule has 1 heterocycles. The van der Waals surface area contributed by atoms with Crippen molar-refractivity contribution in [2.45, 2.75) is 64.1 Å². The molecule has 3 atom stereocenters. The molecule has 4 heteroatoms. The van der Waals surface area contributed by atoms with Gasteiger partial charge in [0.15, 0.2) is 10.1 Å². The molecule has 0 aromatic heterocycles. The van der Waals surface area contributed by atoms with Crippen molar-refractivity contribution in [2.24, 2.45) is 16.7 Å². The van der Waals surface area contributed by atoms with Gasteiger partial charge in [-0.15, -0.1) is 0 Å². The van der Waals surface area contributed by atoms with E-state index in [1.165, 1.54) is 0 Å². The lowest BCUT2D eigenvalue weighted by Gasteiger charge is -2.45. The zero-order valence-electron chi connectivity index (χ0n) is 16.6. The summed E-state index contributed by atoms with van der Waals surface area (Å²) in [5.41, 5.74) is 2.56. The number of anilines is 1. The number of fused-ring (bicyclic) bond motifs is 4. The molecule has 1 unspecified atom stereocenters. The fourth-order valence-corrected chi connectivity index (χ4v) is 6.25. The minimum atomic E-state index is -1.13. The van der Waals surface area contributed by atoms with Gasteiger partial charge in [0.05, 0.1) is 0 Å². The topological polar surface area (TPSA) is 37.4 Å². The zero-order chi connectivity index (χ0) is 19.6. The van der Waals surface area contributed by atoms with Crippen LogP contribution in [0, 0.1) is 16.7 Å². The number of carbonyl (C=O) groups excluding carboxylic acids is 2. The SMILES string of the molecule is CCCCC1(Br)C(=O)C2=C(N(c3ccccc3)C1=O)[C@]1(C)CC[C@H]2C1(C)C. The predicted molar refractivity (Wildman–Crippen MR) is 112 cm³/mol. The van der Waals surface area contributed by atoms with Gasteiger partial charge < -0.3 is 0 Å². The van der Waals surface area contributed by atoms with E-state index >= 15 is 0 Å². The number of amides is 1. The maximum Gasteiger partial charge on any atom is 0.256 e. The fraction of sp³-hybridized carbons (Fsp3) is 0.565. The number of nitrogens with zero attached hydrogens (tertiary/aromatic N) is 1. The van der Waals surface area contributed by atoms with Crippen LogP contribution in [-0.2, 0) is 9.59 Å². The van der Waals surface area contributed by atoms with E-state index in [9.17, 15) is 9.59 Å². The minimum absolute atomic E-state index is 0.0182. The molecular weight excluding hydrogens is 402 g/mol. The first-order valence-corrected chi connectivity index (χ1v) is 10.9. The van der Waals surface area contributed by atoms with E-state index in [2.05, 4.69) is 43.6 Å². The van der Waals surface area contributed by atoms with Crippen molar-refractivity contribution in [1.29, 1.82) is 0 Å². The quantitative estimate of drug-likeness (QED) is 0.458. The van der Waals surface area contributed by atoms with E-state index < -0.39 is 4.32 Å². The summed E-state index contributed by atoms with van der Waals surface area (Å²) in [7, 11) is 0. The third-order valence-corrected chi connectivity index (χ3v) is 8.71. The number of ketones is 1. The van der Waals surface area contributed by atoms with Crippen LogP contribution in [0.25, 0.3) is 0 Å². The Labute approximate surface area is 170 Å². The van der Waals surface area contributed by atoms with Crippen LogP contribution >= 0.6 is 15.9 Å². The van der Waals surface area contributed by atoms with Crippen molar-refractivity contribution < 1.29 is 9.59 Å². The lowest BCUT2D eigenvalue weighted by molar-refractivity contribution is -0.129. The first-order valence-electron chi connectivity index (χ1n) is 10.1. The molecule has 0 N–H and O–H groups in total. The molecular formula is C23H28BrNO2. The third-order valence-electron chi connectivity index (χ3n) is 7.61. The predicted octanol–water partition coefficient (Wildman–Crippen LogP) is 5.64. The molecule has 2 bridgehead atoms. The standard InChI is InChI=1S/C23H28BrNO2/c1-5-6-13-23(24)19(26)17-16-12-14-22(4,21(16,2)3)18(17)25(20(23)27)15-10-8-7-9-11-15/h7-11,16H,5-6,12-14H2,1-4H3/t16-,22+,23?/m1/s1. The number of unbranched alkanes of at least 4 members (excludes halogenated alkanes) is 1. The van der Waals surface area contributed by atoms with Crippen molar-refractivity contribution in [1.82, 2.24) is 0 Å². The summed E-state index contributed by atoms with van der Waals surface area (Å²) in [6, 6.07) is 9.84. The zero-order valence-corrected chi connectivity index (χ0v) is 18.2. The molecule has 27 heavy (non-hydrogen) atoms. The number of halogens is 1. The summed E-state index contributed by atoms with van der Waals surface area (Å²) in [4.78, 5) is 29.3. The Kier molecular flexibility index (Phi) is 4.23. The van der Waals surface area contributed by atoms with Crippen LogP contribution in [0.2, 0.25) is 0 Å². The van der Waals surface area contributed by atoms with Crippen LogP contribution in [-0.4, -0.2) is 16.0 Å². The normalized spacial score (nSPS) is 34.4. The van der Waals surface area contributed by atoms with Crippen molar-refractivity contribution in [3.63, 3.8) is 0 Å². The van der Waals surface area contributed by atoms with E-state index in [0.717, 1.165) is 42.6 Å². The highest BCUT2D eigenvalue weighted by molar-refractivity contribution is 9.10. The van der Waals surface area contributed by atoms with Crippen molar-refractivity contribution in [2.75, 3.05) is 4.90 Å². The Morgan fingerprint density at radius 3 is 2.44 bits per heavy atom. The van der Waals surface area contributed by atoms with Gasteiger partial charge in [-0.3, -0.25) is 14.5 Å². The average molecular weight is 430 g/mol. The Hall–Kier alpha value is -1.42. The number of carbonyl (C=O) groups is 2. The summed E-state index contributed by atoms with van der Waals surface area (Å²) >= 11 is 3.65. The molecule has 1 aromatic rings. The minimum Gasteiger partial charge on any atom is -0.292 e. The highest BCUT2D eigenvalue weighted by Crippen LogP contribution is 2.70. The Bertz CT molecular complexity index is 843. The number of alkyl halides is 1. The van der Waals surface area contributed by atoms with Gasteiger partial charge in [0.25, 0.3) is 5.91 Å². The van der Waals surface area contributed by atoms with Gasteiger partial charge in [-0.1, -0.05) is 74.7 Å². The van der Waals surface area contributed by atoms with Crippen molar-refractivity contribution >= 4 is 33.3 Å². The van der Waals surface area contributed by atoms with Gasteiger partial charge in [0.1, 0.15) is 0 Å². The summed E-state index contributed by atoms with van der Waals surface area (Å²) in [6.45, 7) is 8.88. The molecule has 3 nitrogen and oxygen atoms in total. The molecule has 1 amide bonds. The van der Waals surface area contributed by atoms with Crippen LogP contribution in [0.5, 0.6) is 0 Å². The smallest absolute Gasteiger partial charge is 0.256 e. The molecule has 1 saturated carbocycles. The van der Waals surface area contributed by atoms with Gasteiger partial charge in [0, 0.05) is 22.4 Å². The second-order valence-electron chi connectivity index (χ2n) is 9.12. The number of hydrogen-bond donors (Lipinski definition) is 0. The number of hydrogen-bond acceptors (Lipinski definition) is 2. The molecule has 144 valence electrons. The maximum absolute atomic E-state index is 13.8. The van der Waals surface area contributed by atoms with Gasteiger partial charge in [-0.05, 0) is 42.7 Å². The molecule has 3 aliphatic rings. The monoisotopic (exact) mass is 429 g/mol. The Balaban J connectivity index is 1.96. The Morgan fingerprint density at radius 1 is 1.15 bits per heavy atom. The second-order valence-corrected chi connectivity index (χ2v) is 10.5. The second kappa shape index (κ2) is 6.04. The number of para-hydroxylation sites is 1. The van der Waals surface area contributed by atoms with Crippen LogP contribution < -0.4 is 4.90 Å². The van der Waals surface area contributed by atoms with E-state index in [-0.39, 0.29) is 28.4 Å². The van der Waals surface area contributed by atoms with Gasteiger partial charge >= 0.3 is 0 Å².